The van der Waals surface area contributed by atoms with E-state index >= 15 is 0 Å². The summed E-state index contributed by atoms with van der Waals surface area (Å²) < 4.78 is 81.9. The minimum Gasteiger partial charge on any atom is -0.275 e. The van der Waals surface area contributed by atoms with Crippen molar-refractivity contribution < 1.29 is 30.0 Å². The molecule has 0 fully saturated rings. The van der Waals surface area contributed by atoms with Gasteiger partial charge in [0, 0.05) is 0 Å². The van der Waals surface area contributed by atoms with Gasteiger partial charge in [0.05, 0.1) is 5.75 Å². The van der Waals surface area contributed by atoms with Gasteiger partial charge in [-0.1, -0.05) is 30.3 Å². The number of halogens is 3. The summed E-state index contributed by atoms with van der Waals surface area (Å²) >= 11 is 0. The van der Waals surface area contributed by atoms with E-state index in [4.69, 9.17) is 9.92 Å². The van der Waals surface area contributed by atoms with E-state index in [1.165, 1.54) is 24.3 Å². The van der Waals surface area contributed by atoms with E-state index in [9.17, 15) is 25.8 Å². The number of rotatable bonds is 6. The van der Waals surface area contributed by atoms with E-state index in [-0.39, 0.29) is 5.56 Å². The molecule has 120 valence electrons. The molecule has 0 aliphatic heterocycles. The molecule has 2 unspecified atom stereocenters. The molecule has 0 saturated carbocycles. The normalized spacial score (nSPS) is 17.1. The van der Waals surface area contributed by atoms with Crippen molar-refractivity contribution in [2.45, 2.75) is 11.4 Å². The van der Waals surface area contributed by atoms with E-state index in [0.29, 0.717) is 0 Å². The average molecular weight is 346 g/mol. The molecule has 0 heterocycles. The van der Waals surface area contributed by atoms with Crippen molar-refractivity contribution in [1.29, 1.82) is 4.78 Å². The maximum atomic E-state index is 12.0. The average Bonchev–Trinajstić information content (AvgIpc) is 2.33. The lowest BCUT2D eigenvalue weighted by Crippen LogP contribution is -2.30. The van der Waals surface area contributed by atoms with Crippen LogP contribution in [0.4, 0.5) is 13.2 Å². The van der Waals surface area contributed by atoms with Crippen LogP contribution in [0.2, 0.25) is 0 Å². The van der Waals surface area contributed by atoms with E-state index in [0.717, 1.165) is 0 Å². The van der Waals surface area contributed by atoms with Gasteiger partial charge in [-0.25, -0.2) is 22.5 Å². The van der Waals surface area contributed by atoms with Crippen LogP contribution in [0.5, 0.6) is 0 Å². The third kappa shape index (κ3) is 6.42. The van der Waals surface area contributed by atoms with Gasteiger partial charge in [-0.15, -0.1) is 0 Å². The zero-order valence-electron chi connectivity index (χ0n) is 10.5. The number of nitrogens with one attached hydrogen (secondary N) is 1. The Morgan fingerprint density at radius 2 is 1.71 bits per heavy atom. The summed E-state index contributed by atoms with van der Waals surface area (Å²) in [4.78, 5) is 0. The van der Waals surface area contributed by atoms with Crippen molar-refractivity contribution in [3.05, 3.63) is 35.9 Å². The smallest absolute Gasteiger partial charge is 0.275 e. The third-order valence-electron chi connectivity index (χ3n) is 2.35. The molecule has 0 radical (unpaired) electrons. The van der Waals surface area contributed by atoms with Gasteiger partial charge >= 0.3 is 6.18 Å². The fourth-order valence-electron chi connectivity index (χ4n) is 1.46. The van der Waals surface area contributed by atoms with E-state index in [1.54, 1.807) is 6.07 Å². The van der Waals surface area contributed by atoms with Crippen molar-refractivity contribution >= 4 is 20.0 Å². The Bertz CT molecular complexity index is 672. The van der Waals surface area contributed by atoms with Crippen molar-refractivity contribution in [3.8, 4) is 0 Å². The van der Waals surface area contributed by atoms with Crippen LogP contribution in [0, 0.1) is 4.78 Å². The van der Waals surface area contributed by atoms with Crippen molar-refractivity contribution in [2.75, 3.05) is 12.4 Å². The first-order valence-corrected chi connectivity index (χ1v) is 8.71. The number of primary sulfonamides is 1. The van der Waals surface area contributed by atoms with Crippen LogP contribution < -0.4 is 5.14 Å². The van der Waals surface area contributed by atoms with Gasteiger partial charge in [-0.3, -0.25) is 4.18 Å². The molecular formula is C10H13F3N2O4S2. The predicted molar refractivity (Wildman–Crippen MR) is 70.0 cm³/mol. The molecule has 0 aliphatic rings. The lowest BCUT2D eigenvalue weighted by Gasteiger charge is -2.17. The fourth-order valence-corrected chi connectivity index (χ4v) is 4.30. The SMILES string of the molecule is N=S(=O)(CC(c1ccccc1)S(N)(=O)=O)OCC(F)(F)F. The van der Waals surface area contributed by atoms with E-state index in [1.807, 2.05) is 0 Å². The van der Waals surface area contributed by atoms with Crippen molar-refractivity contribution in [3.63, 3.8) is 0 Å². The molecule has 2 atom stereocenters. The van der Waals surface area contributed by atoms with Gasteiger partial charge in [-0.2, -0.15) is 13.2 Å². The van der Waals surface area contributed by atoms with Crippen molar-refractivity contribution in [1.82, 2.24) is 0 Å². The van der Waals surface area contributed by atoms with Crippen LogP contribution in [-0.4, -0.2) is 31.2 Å². The predicted octanol–water partition coefficient (Wildman–Crippen LogP) is 1.56. The monoisotopic (exact) mass is 346 g/mol. The molecule has 1 rings (SSSR count). The molecule has 0 amide bonds. The van der Waals surface area contributed by atoms with Crippen LogP contribution in [0.3, 0.4) is 0 Å². The highest BCUT2D eigenvalue weighted by molar-refractivity contribution is 7.92. The molecule has 11 heteroatoms. The summed E-state index contributed by atoms with van der Waals surface area (Å²) in [6.07, 6.45) is -4.77. The highest BCUT2D eigenvalue weighted by Gasteiger charge is 2.33. The van der Waals surface area contributed by atoms with Gasteiger partial charge in [-0.05, 0) is 5.56 Å². The lowest BCUT2D eigenvalue weighted by molar-refractivity contribution is -0.152. The number of hydrogen-bond donors (Lipinski definition) is 2. The highest BCUT2D eigenvalue weighted by atomic mass is 32.2. The zero-order chi connectivity index (χ0) is 16.3. The molecule has 0 aliphatic carbocycles. The molecule has 21 heavy (non-hydrogen) atoms. The first-order valence-electron chi connectivity index (χ1n) is 5.45. The lowest BCUT2D eigenvalue weighted by atomic mass is 10.2. The number of nitrogens with two attached hydrogens (primary N) is 1. The summed E-state index contributed by atoms with van der Waals surface area (Å²) in [6.45, 7) is -1.90. The summed E-state index contributed by atoms with van der Waals surface area (Å²) in [7, 11) is -8.49. The van der Waals surface area contributed by atoms with Crippen LogP contribution in [0.25, 0.3) is 0 Å². The second-order valence-corrected chi connectivity index (χ2v) is 7.69. The maximum Gasteiger partial charge on any atom is 0.413 e. The zero-order valence-corrected chi connectivity index (χ0v) is 12.2. The molecule has 6 nitrogen and oxygen atoms in total. The van der Waals surface area contributed by atoms with Crippen LogP contribution >= 0.6 is 0 Å². The molecule has 3 N–H and O–H groups in total. The summed E-state index contributed by atoms with van der Waals surface area (Å²) in [5.41, 5.74) is 0.121. The molecular weight excluding hydrogens is 333 g/mol. The second-order valence-electron chi connectivity index (χ2n) is 4.15. The highest BCUT2D eigenvalue weighted by Crippen LogP contribution is 2.24. The van der Waals surface area contributed by atoms with Crippen molar-refractivity contribution in [2.24, 2.45) is 5.14 Å². The second kappa shape index (κ2) is 6.30. The Labute approximate surface area is 120 Å². The Morgan fingerprint density at radius 3 is 2.14 bits per heavy atom. The van der Waals surface area contributed by atoms with Crippen LogP contribution in [0.1, 0.15) is 10.8 Å². The Balaban J connectivity index is 2.99. The number of alkyl halides is 3. The van der Waals surface area contributed by atoms with Crippen LogP contribution in [-0.2, 0) is 24.2 Å². The first kappa shape index (κ1) is 17.9. The number of benzene rings is 1. The van der Waals surface area contributed by atoms with Gasteiger partial charge < -0.3 is 0 Å². The van der Waals surface area contributed by atoms with Gasteiger partial charge in [0.25, 0.3) is 0 Å². The standard InChI is InChI=1S/C10H13F3N2O4S2/c11-10(12,13)7-19-20(14,16)6-9(21(15,17)18)8-4-2-1-3-5-8/h1-5,9,14H,6-7H2,(H2,15,17,18). The molecule has 0 saturated heterocycles. The van der Waals surface area contributed by atoms with E-state index in [2.05, 4.69) is 4.18 Å². The summed E-state index contributed by atoms with van der Waals surface area (Å²) in [5.74, 6) is -0.980. The quantitative estimate of drug-likeness (QED) is 0.814. The summed E-state index contributed by atoms with van der Waals surface area (Å²) in [6, 6.07) is 7.26. The molecule has 0 spiro atoms. The summed E-state index contributed by atoms with van der Waals surface area (Å²) in [5, 5.41) is 3.40. The minimum absolute atomic E-state index is 0.121. The van der Waals surface area contributed by atoms with Gasteiger partial charge in [0.15, 0.2) is 16.6 Å². The minimum atomic E-state index is -4.77. The molecule has 0 bridgehead atoms. The molecule has 1 aromatic rings. The fraction of sp³-hybridized carbons (Fsp3) is 0.400. The Hall–Kier alpha value is -1.17. The largest absolute Gasteiger partial charge is 0.413 e. The van der Waals surface area contributed by atoms with Gasteiger partial charge in [0.2, 0.25) is 10.0 Å². The number of sulfonamides is 1. The van der Waals surface area contributed by atoms with Crippen LogP contribution in [0.15, 0.2) is 30.3 Å². The molecule has 0 aromatic heterocycles. The first-order chi connectivity index (χ1) is 9.41. The Kier molecular flexibility index (Phi) is 5.36. The molecule has 1 aromatic carbocycles. The maximum absolute atomic E-state index is 12.0. The number of hydrogen-bond acceptors (Lipinski definition) is 5. The van der Waals surface area contributed by atoms with Gasteiger partial charge in [0.1, 0.15) is 5.25 Å². The third-order valence-corrected chi connectivity index (χ3v) is 5.07. The van der Waals surface area contributed by atoms with E-state index < -0.39 is 43.8 Å². The topological polar surface area (TPSA) is 110 Å². The Morgan fingerprint density at radius 1 is 1.19 bits per heavy atom.